The number of hydrogen-bond donors (Lipinski definition) is 1. The van der Waals surface area contributed by atoms with E-state index in [4.69, 9.17) is 4.99 Å². The number of aryl methyl sites for hydroxylation is 3. The van der Waals surface area contributed by atoms with Gasteiger partial charge < -0.3 is 10.2 Å². The zero-order valence-corrected chi connectivity index (χ0v) is 20.3. The molecule has 0 radical (unpaired) electrons. The summed E-state index contributed by atoms with van der Waals surface area (Å²) in [6.45, 7) is 14.2. The van der Waals surface area contributed by atoms with Crippen molar-refractivity contribution in [1.29, 1.82) is 0 Å². The normalized spacial score (nSPS) is 15.3. The summed E-state index contributed by atoms with van der Waals surface area (Å²) in [5.41, 5.74) is 3.70. The number of benzene rings is 1. The van der Waals surface area contributed by atoms with Crippen LogP contribution < -0.4 is 5.32 Å². The first-order chi connectivity index (χ1) is 13.7. The van der Waals surface area contributed by atoms with Gasteiger partial charge in [0.25, 0.3) is 0 Å². The molecule has 160 valence electrons. The molecule has 6 nitrogen and oxygen atoms in total. The number of nitrogens with one attached hydrogen (secondary N) is 1. The lowest BCUT2D eigenvalue weighted by atomic mass is 10.2. The van der Waals surface area contributed by atoms with Crippen LogP contribution in [-0.4, -0.2) is 64.8 Å². The first kappa shape index (κ1) is 23.7. The van der Waals surface area contributed by atoms with E-state index in [9.17, 15) is 0 Å². The van der Waals surface area contributed by atoms with Crippen LogP contribution >= 0.6 is 24.0 Å². The highest BCUT2D eigenvalue weighted by Crippen LogP contribution is 2.09. The molecular formula is C22H35IN6. The molecule has 1 fully saturated rings. The molecule has 0 bridgehead atoms. The largest absolute Gasteiger partial charge is 0.357 e. The van der Waals surface area contributed by atoms with Gasteiger partial charge in [-0.25, -0.2) is 0 Å². The predicted molar refractivity (Wildman–Crippen MR) is 131 cm³/mol. The Labute approximate surface area is 192 Å². The minimum atomic E-state index is 0. The molecule has 0 atom stereocenters. The lowest BCUT2D eigenvalue weighted by Crippen LogP contribution is -2.52. The predicted octanol–water partition coefficient (Wildman–Crippen LogP) is 3.29. The number of aromatic nitrogens is 2. The fourth-order valence-electron chi connectivity index (χ4n) is 3.69. The van der Waals surface area contributed by atoms with Crippen molar-refractivity contribution in [3.05, 3.63) is 53.3 Å². The van der Waals surface area contributed by atoms with Crippen molar-refractivity contribution in [2.45, 2.75) is 40.3 Å². The van der Waals surface area contributed by atoms with Crippen LogP contribution in [0.15, 0.2) is 41.4 Å². The van der Waals surface area contributed by atoms with Crippen LogP contribution in [0.5, 0.6) is 0 Å². The van der Waals surface area contributed by atoms with Crippen LogP contribution in [0.4, 0.5) is 0 Å². The molecule has 1 aromatic heterocycles. The summed E-state index contributed by atoms with van der Waals surface area (Å²) in [5, 5.41) is 8.00. The Balaban J connectivity index is 0.00000300. The summed E-state index contributed by atoms with van der Waals surface area (Å²) in [5.74, 6) is 1.05. The number of guanidine groups is 1. The van der Waals surface area contributed by atoms with Gasteiger partial charge in [0.2, 0.25) is 0 Å². The average molecular weight is 510 g/mol. The highest BCUT2D eigenvalue weighted by molar-refractivity contribution is 14.0. The van der Waals surface area contributed by atoms with Crippen molar-refractivity contribution in [2.75, 3.05) is 39.3 Å². The quantitative estimate of drug-likeness (QED) is 0.269. The summed E-state index contributed by atoms with van der Waals surface area (Å²) in [7, 11) is 0. The van der Waals surface area contributed by atoms with Gasteiger partial charge in [0.15, 0.2) is 5.96 Å². The second-order valence-electron chi connectivity index (χ2n) is 7.49. The molecule has 29 heavy (non-hydrogen) atoms. The maximum absolute atomic E-state index is 4.87. The maximum Gasteiger partial charge on any atom is 0.194 e. The van der Waals surface area contributed by atoms with Gasteiger partial charge in [-0.15, -0.1) is 24.0 Å². The third kappa shape index (κ3) is 7.29. The zero-order chi connectivity index (χ0) is 19.8. The van der Waals surface area contributed by atoms with Crippen LogP contribution in [0.25, 0.3) is 0 Å². The minimum absolute atomic E-state index is 0. The number of halogens is 1. The zero-order valence-electron chi connectivity index (χ0n) is 18.0. The molecule has 0 aliphatic carbocycles. The van der Waals surface area contributed by atoms with Crippen molar-refractivity contribution in [2.24, 2.45) is 4.99 Å². The first-order valence-electron chi connectivity index (χ1n) is 10.5. The molecule has 1 saturated heterocycles. The van der Waals surface area contributed by atoms with Crippen molar-refractivity contribution in [1.82, 2.24) is 24.9 Å². The minimum Gasteiger partial charge on any atom is -0.357 e. The monoisotopic (exact) mass is 510 g/mol. The summed E-state index contributed by atoms with van der Waals surface area (Å²) in [6, 6.07) is 12.9. The van der Waals surface area contributed by atoms with Gasteiger partial charge in [0.05, 0.1) is 5.69 Å². The van der Waals surface area contributed by atoms with Gasteiger partial charge in [-0.05, 0) is 38.8 Å². The fourth-order valence-corrected chi connectivity index (χ4v) is 3.69. The third-order valence-electron chi connectivity index (χ3n) is 5.15. The van der Waals surface area contributed by atoms with Crippen molar-refractivity contribution in [3.8, 4) is 0 Å². The van der Waals surface area contributed by atoms with E-state index >= 15 is 0 Å². The van der Waals surface area contributed by atoms with Gasteiger partial charge in [0.1, 0.15) is 0 Å². The number of piperazine rings is 1. The van der Waals surface area contributed by atoms with Crippen LogP contribution in [0.2, 0.25) is 0 Å². The van der Waals surface area contributed by atoms with Gasteiger partial charge in [-0.2, -0.15) is 5.10 Å². The van der Waals surface area contributed by atoms with Crippen LogP contribution in [0.3, 0.4) is 0 Å². The van der Waals surface area contributed by atoms with Crippen molar-refractivity contribution < 1.29 is 0 Å². The van der Waals surface area contributed by atoms with Gasteiger partial charge in [-0.1, -0.05) is 30.3 Å². The molecule has 1 N–H and O–H groups in total. The van der Waals surface area contributed by atoms with Crippen LogP contribution in [-0.2, 0) is 13.1 Å². The van der Waals surface area contributed by atoms with E-state index in [-0.39, 0.29) is 24.0 Å². The van der Waals surface area contributed by atoms with E-state index < -0.39 is 0 Å². The standard InChI is InChI=1S/C22H34N6.HI/c1-4-23-22(24-11-8-12-28-20(3)17-19(2)25-28)27-15-13-26(14-16-27)18-21-9-6-5-7-10-21;/h5-7,9-10,17H,4,8,11-16,18H2,1-3H3,(H,23,24);1H. The van der Waals surface area contributed by atoms with E-state index in [1.54, 1.807) is 0 Å². The molecule has 0 unspecified atom stereocenters. The van der Waals surface area contributed by atoms with E-state index in [0.29, 0.717) is 0 Å². The lowest BCUT2D eigenvalue weighted by Gasteiger charge is -2.36. The van der Waals surface area contributed by atoms with Crippen LogP contribution in [0, 0.1) is 13.8 Å². The van der Waals surface area contributed by atoms with Crippen LogP contribution in [0.1, 0.15) is 30.3 Å². The fraction of sp³-hybridized carbons (Fsp3) is 0.545. The Kier molecular flexibility index (Phi) is 9.93. The molecule has 0 amide bonds. The number of hydrogen-bond acceptors (Lipinski definition) is 3. The average Bonchev–Trinajstić information content (AvgIpc) is 3.03. The first-order valence-corrected chi connectivity index (χ1v) is 10.5. The summed E-state index contributed by atoms with van der Waals surface area (Å²) in [6.07, 6.45) is 1.00. The molecule has 0 spiro atoms. The number of nitrogens with zero attached hydrogens (tertiary/aromatic N) is 5. The topological polar surface area (TPSA) is 48.7 Å². The lowest BCUT2D eigenvalue weighted by molar-refractivity contribution is 0.172. The van der Waals surface area contributed by atoms with Gasteiger partial charge in [0, 0.05) is 58.1 Å². The molecule has 3 rings (SSSR count). The second-order valence-corrected chi connectivity index (χ2v) is 7.49. The Bertz CT molecular complexity index is 750. The Morgan fingerprint density at radius 1 is 1.10 bits per heavy atom. The van der Waals surface area contributed by atoms with E-state index in [0.717, 1.165) is 70.4 Å². The van der Waals surface area contributed by atoms with Gasteiger partial charge in [-0.3, -0.25) is 14.6 Å². The summed E-state index contributed by atoms with van der Waals surface area (Å²) in [4.78, 5) is 9.79. The van der Waals surface area contributed by atoms with E-state index in [1.165, 1.54) is 11.3 Å². The number of aliphatic imine (C=N–C) groups is 1. The molecule has 0 saturated carbocycles. The molecule has 1 aliphatic rings. The molecule has 2 heterocycles. The Morgan fingerprint density at radius 3 is 2.45 bits per heavy atom. The molecular weight excluding hydrogens is 475 g/mol. The molecule has 7 heteroatoms. The summed E-state index contributed by atoms with van der Waals surface area (Å²) >= 11 is 0. The van der Waals surface area contributed by atoms with Gasteiger partial charge >= 0.3 is 0 Å². The highest BCUT2D eigenvalue weighted by atomic mass is 127. The number of rotatable bonds is 7. The second kappa shape index (κ2) is 12.2. The van der Waals surface area contributed by atoms with E-state index in [1.807, 2.05) is 6.92 Å². The highest BCUT2D eigenvalue weighted by Gasteiger charge is 2.19. The smallest absolute Gasteiger partial charge is 0.194 e. The Hall–Kier alpha value is -1.61. The van der Waals surface area contributed by atoms with Crippen molar-refractivity contribution >= 4 is 29.9 Å². The van der Waals surface area contributed by atoms with Crippen molar-refractivity contribution in [3.63, 3.8) is 0 Å². The molecule has 2 aromatic rings. The third-order valence-corrected chi connectivity index (χ3v) is 5.15. The SMILES string of the molecule is CCNC(=NCCCn1nc(C)cc1C)N1CCN(Cc2ccccc2)CC1.I. The molecule has 1 aromatic carbocycles. The Morgan fingerprint density at radius 2 is 1.83 bits per heavy atom. The van der Waals surface area contributed by atoms with E-state index in [2.05, 4.69) is 75.1 Å². The summed E-state index contributed by atoms with van der Waals surface area (Å²) < 4.78 is 2.08. The maximum atomic E-state index is 4.87. The molecule has 1 aliphatic heterocycles.